The molecule has 1 rings (SSSR count). The van der Waals surface area contributed by atoms with Gasteiger partial charge in [0.05, 0.1) is 6.04 Å². The van der Waals surface area contributed by atoms with Gasteiger partial charge < -0.3 is 5.73 Å². The zero-order valence-electron chi connectivity index (χ0n) is 5.29. The highest BCUT2D eigenvalue weighted by Crippen LogP contribution is 2.16. The van der Waals surface area contributed by atoms with Crippen LogP contribution in [0.5, 0.6) is 0 Å². The molecule has 0 aromatic carbocycles. The molecule has 1 nitrogen and oxygen atoms in total. The van der Waals surface area contributed by atoms with Crippen molar-refractivity contribution < 1.29 is 4.39 Å². The predicted molar refractivity (Wildman–Crippen MR) is 44.5 cm³/mol. The van der Waals surface area contributed by atoms with Crippen LogP contribution in [0.1, 0.15) is 10.9 Å². The van der Waals surface area contributed by atoms with E-state index in [4.69, 9.17) is 5.73 Å². The Morgan fingerprint density at radius 2 is 2.40 bits per heavy atom. The van der Waals surface area contributed by atoms with E-state index in [-0.39, 0.29) is 12.4 Å². The van der Waals surface area contributed by atoms with Crippen molar-refractivity contribution >= 4 is 23.7 Å². The van der Waals surface area contributed by atoms with Gasteiger partial charge in [0.25, 0.3) is 0 Å². The fraction of sp³-hybridized carbons (Fsp3) is 0.333. The molecule has 0 fully saturated rings. The monoisotopic (exact) mass is 181 g/mol. The minimum Gasteiger partial charge on any atom is -0.321 e. The molecule has 0 unspecified atom stereocenters. The minimum absolute atomic E-state index is 0. The molecule has 0 radical (unpaired) electrons. The molecule has 1 aromatic heterocycles. The topological polar surface area (TPSA) is 26.0 Å². The molecular weight excluding hydrogens is 173 g/mol. The van der Waals surface area contributed by atoms with Crippen LogP contribution in [0.15, 0.2) is 17.5 Å². The van der Waals surface area contributed by atoms with Crippen molar-refractivity contribution in [3.8, 4) is 0 Å². The van der Waals surface area contributed by atoms with Gasteiger partial charge in [-0.25, -0.2) is 4.39 Å². The van der Waals surface area contributed by atoms with Crippen LogP contribution in [0.2, 0.25) is 0 Å². The third-order valence-corrected chi connectivity index (χ3v) is 2.08. The van der Waals surface area contributed by atoms with Crippen LogP contribution in [0.4, 0.5) is 4.39 Å². The fourth-order valence-electron chi connectivity index (χ4n) is 0.578. The van der Waals surface area contributed by atoms with Gasteiger partial charge in [0, 0.05) is 4.88 Å². The normalized spacial score (nSPS) is 12.2. The summed E-state index contributed by atoms with van der Waals surface area (Å²) in [5, 5.41) is 1.89. The highest BCUT2D eigenvalue weighted by molar-refractivity contribution is 7.10. The van der Waals surface area contributed by atoms with Gasteiger partial charge in [-0.3, -0.25) is 0 Å². The Morgan fingerprint density at radius 1 is 1.70 bits per heavy atom. The summed E-state index contributed by atoms with van der Waals surface area (Å²) in [6.07, 6.45) is 0. The van der Waals surface area contributed by atoms with E-state index >= 15 is 0 Å². The second-order valence-electron chi connectivity index (χ2n) is 1.78. The second-order valence-corrected chi connectivity index (χ2v) is 2.76. The molecule has 0 amide bonds. The first kappa shape index (κ1) is 9.88. The summed E-state index contributed by atoms with van der Waals surface area (Å²) in [7, 11) is 0. The molecule has 58 valence electrons. The van der Waals surface area contributed by atoms with Gasteiger partial charge in [-0.2, -0.15) is 0 Å². The summed E-state index contributed by atoms with van der Waals surface area (Å²) in [5.74, 6) is 0. The van der Waals surface area contributed by atoms with Gasteiger partial charge in [-0.1, -0.05) is 6.07 Å². The van der Waals surface area contributed by atoms with Crippen molar-refractivity contribution in [1.29, 1.82) is 0 Å². The summed E-state index contributed by atoms with van der Waals surface area (Å²) in [5.41, 5.74) is 5.37. The van der Waals surface area contributed by atoms with Gasteiger partial charge in [0.1, 0.15) is 6.67 Å². The summed E-state index contributed by atoms with van der Waals surface area (Å²) in [6.45, 7) is -0.472. The molecular formula is C6H9ClFNS. The Labute approximate surface area is 69.5 Å². The fourth-order valence-corrected chi connectivity index (χ4v) is 1.29. The number of alkyl halides is 1. The lowest BCUT2D eigenvalue weighted by molar-refractivity contribution is 0.440. The molecule has 1 aromatic rings. The van der Waals surface area contributed by atoms with Gasteiger partial charge in [-0.05, 0) is 11.4 Å². The van der Waals surface area contributed by atoms with Crippen LogP contribution in [0, 0.1) is 0 Å². The third kappa shape index (κ3) is 2.25. The molecule has 0 saturated carbocycles. The molecule has 0 bridgehead atoms. The standard InChI is InChI=1S/C6H8FNS.ClH/c7-4-5(8)6-2-1-3-9-6;/h1-3,5H,4,8H2;1H/t5-;/m0./s1. The molecule has 0 aliphatic carbocycles. The first-order chi connectivity index (χ1) is 4.34. The smallest absolute Gasteiger partial charge is 0.109 e. The zero-order chi connectivity index (χ0) is 6.69. The summed E-state index contributed by atoms with van der Waals surface area (Å²) in [6, 6.07) is 3.30. The maximum Gasteiger partial charge on any atom is 0.109 e. The van der Waals surface area contributed by atoms with E-state index in [0.29, 0.717) is 0 Å². The molecule has 10 heavy (non-hydrogen) atoms. The molecule has 2 N–H and O–H groups in total. The van der Waals surface area contributed by atoms with Crippen molar-refractivity contribution in [2.24, 2.45) is 5.73 Å². The van der Waals surface area contributed by atoms with Gasteiger partial charge in [-0.15, -0.1) is 23.7 Å². The lowest BCUT2D eigenvalue weighted by Crippen LogP contribution is -2.09. The van der Waals surface area contributed by atoms with Crippen LogP contribution < -0.4 is 5.73 Å². The van der Waals surface area contributed by atoms with Gasteiger partial charge in [0.2, 0.25) is 0 Å². The van der Waals surface area contributed by atoms with E-state index in [1.165, 1.54) is 11.3 Å². The first-order valence-corrected chi connectivity index (χ1v) is 3.57. The van der Waals surface area contributed by atoms with E-state index in [9.17, 15) is 4.39 Å². The van der Waals surface area contributed by atoms with Crippen LogP contribution >= 0.6 is 23.7 Å². The molecule has 0 aliphatic heterocycles. The zero-order valence-corrected chi connectivity index (χ0v) is 6.92. The van der Waals surface area contributed by atoms with E-state index in [0.717, 1.165) is 4.88 Å². The highest BCUT2D eigenvalue weighted by atomic mass is 35.5. The second kappa shape index (κ2) is 4.66. The van der Waals surface area contributed by atoms with Crippen molar-refractivity contribution in [3.05, 3.63) is 22.4 Å². The van der Waals surface area contributed by atoms with Gasteiger partial charge >= 0.3 is 0 Å². The Balaban J connectivity index is 0.000000810. The Bertz CT molecular complexity index is 166. The average molecular weight is 182 g/mol. The predicted octanol–water partition coefficient (Wildman–Crippen LogP) is 2.14. The first-order valence-electron chi connectivity index (χ1n) is 2.69. The molecule has 1 heterocycles. The van der Waals surface area contributed by atoms with E-state index in [1.807, 2.05) is 17.5 Å². The maximum atomic E-state index is 11.8. The third-order valence-electron chi connectivity index (χ3n) is 1.07. The van der Waals surface area contributed by atoms with Crippen LogP contribution in [-0.2, 0) is 0 Å². The molecule has 0 saturated heterocycles. The minimum atomic E-state index is -0.472. The number of rotatable bonds is 2. The van der Waals surface area contributed by atoms with Crippen LogP contribution in [0.3, 0.4) is 0 Å². The number of halogens is 2. The molecule has 0 spiro atoms. The SMILES string of the molecule is Cl.N[C@@H](CF)c1cccs1. The van der Waals surface area contributed by atoms with Crippen molar-refractivity contribution in [2.45, 2.75) is 6.04 Å². The van der Waals surface area contributed by atoms with Crippen molar-refractivity contribution in [3.63, 3.8) is 0 Å². The lowest BCUT2D eigenvalue weighted by Gasteiger charge is -2.00. The number of hydrogen-bond acceptors (Lipinski definition) is 2. The van der Waals surface area contributed by atoms with E-state index < -0.39 is 12.7 Å². The number of hydrogen-bond donors (Lipinski definition) is 1. The van der Waals surface area contributed by atoms with Gasteiger partial charge in [0.15, 0.2) is 0 Å². The highest BCUT2D eigenvalue weighted by Gasteiger charge is 2.03. The Hall–Kier alpha value is -0.120. The maximum absolute atomic E-state index is 11.8. The van der Waals surface area contributed by atoms with Crippen molar-refractivity contribution in [2.75, 3.05) is 6.67 Å². The largest absolute Gasteiger partial charge is 0.321 e. The molecule has 0 aliphatic rings. The Kier molecular flexibility index (Phi) is 4.60. The van der Waals surface area contributed by atoms with Crippen LogP contribution in [-0.4, -0.2) is 6.67 Å². The number of nitrogens with two attached hydrogens (primary N) is 1. The average Bonchev–Trinajstić information content (AvgIpc) is 2.37. The van der Waals surface area contributed by atoms with E-state index in [2.05, 4.69) is 0 Å². The summed E-state index contributed by atoms with van der Waals surface area (Å²) < 4.78 is 11.8. The lowest BCUT2D eigenvalue weighted by atomic mass is 10.3. The van der Waals surface area contributed by atoms with Crippen LogP contribution in [0.25, 0.3) is 0 Å². The van der Waals surface area contributed by atoms with E-state index in [1.54, 1.807) is 0 Å². The summed E-state index contributed by atoms with van der Waals surface area (Å²) in [4.78, 5) is 0.914. The van der Waals surface area contributed by atoms with Crippen molar-refractivity contribution in [1.82, 2.24) is 0 Å². The molecule has 1 atom stereocenters. The molecule has 4 heteroatoms. The summed E-state index contributed by atoms with van der Waals surface area (Å²) >= 11 is 1.49. The quantitative estimate of drug-likeness (QED) is 0.744. The Morgan fingerprint density at radius 3 is 2.80 bits per heavy atom. The number of thiophene rings is 1.